The number of amides is 1. The molecule has 0 radical (unpaired) electrons. The van der Waals surface area contributed by atoms with Gasteiger partial charge in [0.15, 0.2) is 5.82 Å². The van der Waals surface area contributed by atoms with Crippen molar-refractivity contribution in [2.45, 2.75) is 33.1 Å². The smallest absolute Gasteiger partial charge is 0.225 e. The second-order valence-corrected chi connectivity index (χ2v) is 7.19. The van der Waals surface area contributed by atoms with Crippen LogP contribution in [0.15, 0.2) is 60.8 Å². The van der Waals surface area contributed by atoms with Crippen LogP contribution in [-0.2, 0) is 17.6 Å². The monoisotopic (exact) mass is 377 g/mol. The molecule has 1 N–H and O–H groups in total. The number of benzene rings is 2. The number of halogens is 1. The molecule has 3 rings (SSSR count). The lowest BCUT2D eigenvalue weighted by molar-refractivity contribution is -0.116. The highest BCUT2D eigenvalue weighted by Gasteiger charge is 2.13. The van der Waals surface area contributed by atoms with Crippen LogP contribution in [0.1, 0.15) is 31.5 Å². The first kappa shape index (κ1) is 19.7. The lowest BCUT2D eigenvalue weighted by Gasteiger charge is -2.12. The van der Waals surface area contributed by atoms with Crippen LogP contribution in [0.4, 0.5) is 10.2 Å². The van der Waals surface area contributed by atoms with Crippen LogP contribution in [0.5, 0.6) is 0 Å². The van der Waals surface area contributed by atoms with Gasteiger partial charge in [0.2, 0.25) is 5.91 Å². The first-order chi connectivity index (χ1) is 13.5. The predicted molar refractivity (Wildman–Crippen MR) is 109 cm³/mol. The summed E-state index contributed by atoms with van der Waals surface area (Å²) in [5, 5.41) is 2.89. The predicted octanol–water partition coefficient (Wildman–Crippen LogP) is 5.05. The number of hydrogen-bond donors (Lipinski definition) is 1. The fraction of sp³-hybridized carbons (Fsp3) is 0.261. The van der Waals surface area contributed by atoms with Crippen molar-refractivity contribution in [1.82, 2.24) is 9.97 Å². The molecule has 0 spiro atoms. The molecule has 0 saturated heterocycles. The van der Waals surface area contributed by atoms with E-state index in [1.807, 2.05) is 32.0 Å². The summed E-state index contributed by atoms with van der Waals surface area (Å²) in [4.78, 5) is 21.4. The van der Waals surface area contributed by atoms with E-state index in [0.717, 1.165) is 17.7 Å². The molecule has 5 heteroatoms. The van der Waals surface area contributed by atoms with E-state index in [4.69, 9.17) is 4.98 Å². The third-order valence-electron chi connectivity index (χ3n) is 4.33. The third-order valence-corrected chi connectivity index (χ3v) is 4.33. The summed E-state index contributed by atoms with van der Waals surface area (Å²) in [6.45, 7) is 4.00. The average Bonchev–Trinajstić information content (AvgIpc) is 2.68. The van der Waals surface area contributed by atoms with Gasteiger partial charge < -0.3 is 5.32 Å². The highest BCUT2D eigenvalue weighted by molar-refractivity contribution is 5.90. The molecular weight excluding hydrogens is 353 g/mol. The minimum atomic E-state index is -0.293. The van der Waals surface area contributed by atoms with Crippen molar-refractivity contribution in [2.75, 3.05) is 5.32 Å². The Morgan fingerprint density at radius 2 is 1.75 bits per heavy atom. The largest absolute Gasteiger partial charge is 0.309 e. The first-order valence-electron chi connectivity index (χ1n) is 9.47. The maximum absolute atomic E-state index is 13.2. The summed E-state index contributed by atoms with van der Waals surface area (Å²) in [6.07, 6.45) is 3.47. The molecule has 0 aliphatic heterocycles. The molecule has 28 heavy (non-hydrogen) atoms. The van der Waals surface area contributed by atoms with Crippen LogP contribution in [0.2, 0.25) is 0 Å². The number of aromatic nitrogens is 2. The van der Waals surface area contributed by atoms with Crippen LogP contribution < -0.4 is 5.32 Å². The second kappa shape index (κ2) is 9.22. The van der Waals surface area contributed by atoms with Gasteiger partial charge in [0, 0.05) is 12.0 Å². The Morgan fingerprint density at radius 1 is 1.04 bits per heavy atom. The number of hydrogen-bond acceptors (Lipinski definition) is 3. The lowest BCUT2D eigenvalue weighted by atomic mass is 10.1. The summed E-state index contributed by atoms with van der Waals surface area (Å²) in [5.41, 5.74) is 3.36. The van der Waals surface area contributed by atoms with Crippen molar-refractivity contribution >= 4 is 11.7 Å². The standard InChI is InChI=1S/C23H24FN3O/c1-16(2)14-22(28)27-23-20(13-8-17-6-4-3-5-7-17)26-21(15-25-23)18-9-11-19(24)12-10-18/h3-7,9-12,15-16H,8,13-14H2,1-2H3,(H,25,27,28). The van der Waals surface area contributed by atoms with Gasteiger partial charge in [0.05, 0.1) is 17.6 Å². The van der Waals surface area contributed by atoms with Crippen molar-refractivity contribution in [3.8, 4) is 11.3 Å². The van der Waals surface area contributed by atoms with Gasteiger partial charge in [0.25, 0.3) is 0 Å². The van der Waals surface area contributed by atoms with E-state index in [9.17, 15) is 9.18 Å². The molecule has 0 fully saturated rings. The first-order valence-corrected chi connectivity index (χ1v) is 9.47. The van der Waals surface area contributed by atoms with Gasteiger partial charge in [-0.3, -0.25) is 4.79 Å². The second-order valence-electron chi connectivity index (χ2n) is 7.19. The highest BCUT2D eigenvalue weighted by Crippen LogP contribution is 2.21. The van der Waals surface area contributed by atoms with Gasteiger partial charge in [-0.25, -0.2) is 14.4 Å². The number of nitrogens with one attached hydrogen (secondary N) is 1. The maximum atomic E-state index is 13.2. The molecule has 0 bridgehead atoms. The Kier molecular flexibility index (Phi) is 6.48. The van der Waals surface area contributed by atoms with Crippen molar-refractivity contribution < 1.29 is 9.18 Å². The molecular formula is C23H24FN3O. The normalized spacial score (nSPS) is 10.9. The van der Waals surface area contributed by atoms with Gasteiger partial charge in [-0.05, 0) is 48.6 Å². The van der Waals surface area contributed by atoms with Crippen LogP contribution in [0.3, 0.4) is 0 Å². The van der Waals surface area contributed by atoms with Gasteiger partial charge >= 0.3 is 0 Å². The number of nitrogens with zero attached hydrogens (tertiary/aromatic N) is 2. The summed E-state index contributed by atoms with van der Waals surface area (Å²) in [7, 11) is 0. The Bertz CT molecular complexity index is 924. The van der Waals surface area contributed by atoms with Crippen molar-refractivity contribution in [2.24, 2.45) is 5.92 Å². The fourth-order valence-corrected chi connectivity index (χ4v) is 2.93. The van der Waals surface area contributed by atoms with E-state index < -0.39 is 0 Å². The van der Waals surface area contributed by atoms with Gasteiger partial charge in [0.1, 0.15) is 5.82 Å². The molecule has 2 aromatic carbocycles. The summed E-state index contributed by atoms with van der Waals surface area (Å²) < 4.78 is 13.2. The number of aryl methyl sites for hydroxylation is 2. The van der Waals surface area contributed by atoms with E-state index in [1.54, 1.807) is 18.3 Å². The van der Waals surface area contributed by atoms with Crippen molar-refractivity contribution in [3.63, 3.8) is 0 Å². The van der Waals surface area contributed by atoms with E-state index >= 15 is 0 Å². The number of carbonyl (C=O) groups is 1. The molecule has 3 aromatic rings. The van der Waals surface area contributed by atoms with Crippen LogP contribution in [-0.4, -0.2) is 15.9 Å². The highest BCUT2D eigenvalue weighted by atomic mass is 19.1. The van der Waals surface area contributed by atoms with Crippen molar-refractivity contribution in [3.05, 3.63) is 77.9 Å². The molecule has 1 aromatic heterocycles. The number of rotatable bonds is 7. The zero-order valence-corrected chi connectivity index (χ0v) is 16.2. The summed E-state index contributed by atoms with van der Waals surface area (Å²) in [6, 6.07) is 16.3. The Balaban J connectivity index is 1.87. The number of anilines is 1. The van der Waals surface area contributed by atoms with Crippen LogP contribution in [0.25, 0.3) is 11.3 Å². The minimum absolute atomic E-state index is 0.0696. The Morgan fingerprint density at radius 3 is 2.43 bits per heavy atom. The molecule has 0 aliphatic carbocycles. The molecule has 4 nitrogen and oxygen atoms in total. The van der Waals surface area contributed by atoms with E-state index in [2.05, 4.69) is 22.4 Å². The minimum Gasteiger partial charge on any atom is -0.309 e. The molecule has 0 unspecified atom stereocenters. The molecule has 1 amide bonds. The van der Waals surface area contributed by atoms with Crippen molar-refractivity contribution in [1.29, 1.82) is 0 Å². The summed E-state index contributed by atoms with van der Waals surface area (Å²) >= 11 is 0. The quantitative estimate of drug-likeness (QED) is 0.627. The van der Waals surface area contributed by atoms with Gasteiger partial charge in [-0.1, -0.05) is 44.2 Å². The third kappa shape index (κ3) is 5.46. The Hall–Kier alpha value is -3.08. The van der Waals surface area contributed by atoms with E-state index in [-0.39, 0.29) is 17.6 Å². The average molecular weight is 377 g/mol. The van der Waals surface area contributed by atoms with Crippen LogP contribution in [0, 0.1) is 11.7 Å². The SMILES string of the molecule is CC(C)CC(=O)Nc1ncc(-c2ccc(F)cc2)nc1CCc1ccccc1. The molecule has 0 atom stereocenters. The maximum Gasteiger partial charge on any atom is 0.225 e. The van der Waals surface area contributed by atoms with E-state index in [1.165, 1.54) is 17.7 Å². The number of carbonyl (C=O) groups excluding carboxylic acids is 1. The van der Waals surface area contributed by atoms with Gasteiger partial charge in [-0.15, -0.1) is 0 Å². The molecule has 144 valence electrons. The topological polar surface area (TPSA) is 54.9 Å². The van der Waals surface area contributed by atoms with E-state index in [0.29, 0.717) is 24.4 Å². The lowest BCUT2D eigenvalue weighted by Crippen LogP contribution is -2.17. The zero-order valence-electron chi connectivity index (χ0n) is 16.2. The van der Waals surface area contributed by atoms with Gasteiger partial charge in [-0.2, -0.15) is 0 Å². The molecule has 0 aliphatic rings. The van der Waals surface area contributed by atoms with Crippen LogP contribution >= 0.6 is 0 Å². The fourth-order valence-electron chi connectivity index (χ4n) is 2.93. The zero-order chi connectivity index (χ0) is 19.9. The molecule has 1 heterocycles. The Labute approximate surface area is 164 Å². The molecule has 0 saturated carbocycles. The summed E-state index contributed by atoms with van der Waals surface area (Å²) in [5.74, 6) is 0.394.